The van der Waals surface area contributed by atoms with Crippen LogP contribution in [0.15, 0.2) is 84.9 Å². The number of benzene rings is 3. The van der Waals surface area contributed by atoms with Gasteiger partial charge in [0.05, 0.1) is 19.0 Å². The first-order chi connectivity index (χ1) is 35.4. The fourth-order valence-corrected chi connectivity index (χ4v) is 10.8. The Morgan fingerprint density at radius 1 is 0.689 bits per heavy atom. The van der Waals surface area contributed by atoms with Gasteiger partial charge in [-0.2, -0.15) is 11.8 Å². The molecule has 2 heterocycles. The largest absolute Gasteiger partial charge is 0.508 e. The molecule has 2 fully saturated rings. The minimum absolute atomic E-state index is 0.0326. The third kappa shape index (κ3) is 18.3. The molecule has 10 amide bonds. The summed E-state index contributed by atoms with van der Waals surface area (Å²) in [7, 11) is 2.10. The van der Waals surface area contributed by atoms with E-state index in [1.807, 2.05) is 6.26 Å². The monoisotopic (exact) mass is 1080 g/mol. The molecule has 0 bridgehead atoms. The summed E-state index contributed by atoms with van der Waals surface area (Å²) in [6, 6.07) is 12.6. The van der Waals surface area contributed by atoms with Crippen LogP contribution in [-0.4, -0.2) is 154 Å². The maximum Gasteiger partial charge on any atom is 0.246 e. The Morgan fingerprint density at radius 2 is 1.19 bits per heavy atom. The summed E-state index contributed by atoms with van der Waals surface area (Å²) >= 11 is 1.42. The Kier molecular flexibility index (Phi) is 22.9. The van der Waals surface area contributed by atoms with Crippen LogP contribution in [0.4, 0.5) is 0 Å². The van der Waals surface area contributed by atoms with E-state index in [9.17, 15) is 53.1 Å². The number of likely N-dealkylation sites (tertiary alicyclic amines) is 1. The van der Waals surface area contributed by atoms with Crippen molar-refractivity contribution in [2.24, 2.45) is 17.2 Å². The van der Waals surface area contributed by atoms with Crippen LogP contribution < -0.4 is 54.4 Å². The zero-order chi connectivity index (χ0) is 53.7. The van der Waals surface area contributed by atoms with Gasteiger partial charge in [-0.05, 0) is 60.1 Å². The van der Waals surface area contributed by atoms with Crippen LogP contribution in [0.3, 0.4) is 0 Å². The molecule has 0 unspecified atom stereocenters. The average molecular weight is 1080 g/mol. The topological polar surface area (TPSA) is 356 Å². The third-order valence-corrected chi connectivity index (χ3v) is 15.0. The van der Waals surface area contributed by atoms with E-state index in [1.54, 1.807) is 72.8 Å². The SMILES string of the molecule is CSCC[C@H](NC(=O)[C@@H]1CCCN1C(=O)[C@@H]1CSSC[C@H](N)C(=O)N[C@@H](Cc2ccc(O)cc2)C(=O)N[C@@H](Cc2ccccc2)C(=O)N[C@@H](Cc2ccccc2)C(=O)N[C@@H](CC(N)=O)C(=O)N1)C(=O)NCC(N)=O. The summed E-state index contributed by atoms with van der Waals surface area (Å²) in [4.78, 5) is 138. The van der Waals surface area contributed by atoms with Crippen molar-refractivity contribution in [2.45, 2.75) is 93.3 Å². The van der Waals surface area contributed by atoms with E-state index in [2.05, 4.69) is 37.2 Å². The molecule has 3 aromatic rings. The highest BCUT2D eigenvalue weighted by molar-refractivity contribution is 8.76. The summed E-state index contributed by atoms with van der Waals surface area (Å²) in [5.41, 5.74) is 19.0. The fraction of sp³-hybridized carbons (Fsp3) is 0.429. The van der Waals surface area contributed by atoms with Gasteiger partial charge in [-0.1, -0.05) is 94.4 Å². The predicted molar refractivity (Wildman–Crippen MR) is 280 cm³/mol. The van der Waals surface area contributed by atoms with Crippen molar-refractivity contribution in [1.29, 1.82) is 0 Å². The van der Waals surface area contributed by atoms with Gasteiger partial charge in [0.15, 0.2) is 0 Å². The van der Waals surface area contributed by atoms with Crippen molar-refractivity contribution >= 4 is 92.4 Å². The number of carbonyl (C=O) groups is 10. The Labute approximate surface area is 440 Å². The van der Waals surface area contributed by atoms with Crippen LogP contribution in [-0.2, 0) is 67.2 Å². The average Bonchev–Trinajstić information content (AvgIpc) is 3.88. The van der Waals surface area contributed by atoms with Gasteiger partial charge < -0.3 is 64.4 Å². The molecule has 2 aliphatic heterocycles. The van der Waals surface area contributed by atoms with Crippen molar-refractivity contribution in [3.05, 3.63) is 102 Å². The van der Waals surface area contributed by atoms with Gasteiger partial charge in [0.25, 0.3) is 0 Å². The molecule has 25 heteroatoms. The normalized spacial score (nSPS) is 22.9. The minimum atomic E-state index is -1.69. The molecule has 0 radical (unpaired) electrons. The van der Waals surface area contributed by atoms with E-state index in [4.69, 9.17) is 17.2 Å². The number of hydrogen-bond donors (Lipinski definition) is 11. The quantitative estimate of drug-likeness (QED) is 0.0670. The van der Waals surface area contributed by atoms with Crippen LogP contribution in [0, 0.1) is 0 Å². The first-order valence-electron chi connectivity index (χ1n) is 23.7. The second-order valence-electron chi connectivity index (χ2n) is 17.6. The minimum Gasteiger partial charge on any atom is -0.508 e. The molecule has 5 rings (SSSR count). The smallest absolute Gasteiger partial charge is 0.246 e. The number of hydrogen-bond acceptors (Lipinski definition) is 15. The Morgan fingerprint density at radius 3 is 1.72 bits per heavy atom. The molecule has 398 valence electrons. The Hall–Kier alpha value is -6.83. The fourth-order valence-electron chi connectivity index (χ4n) is 8.03. The van der Waals surface area contributed by atoms with Crippen LogP contribution in [0.2, 0.25) is 0 Å². The first-order valence-corrected chi connectivity index (χ1v) is 27.6. The van der Waals surface area contributed by atoms with Crippen molar-refractivity contribution in [3.63, 3.8) is 0 Å². The lowest BCUT2D eigenvalue weighted by atomic mass is 10.0. The number of phenols is 1. The molecule has 14 N–H and O–H groups in total. The summed E-state index contributed by atoms with van der Waals surface area (Å²) in [5.74, 6) is -7.93. The lowest BCUT2D eigenvalue weighted by Gasteiger charge is -2.31. The number of nitrogens with two attached hydrogens (primary N) is 3. The van der Waals surface area contributed by atoms with Crippen molar-refractivity contribution in [3.8, 4) is 5.75 Å². The van der Waals surface area contributed by atoms with Gasteiger partial charge in [-0.3, -0.25) is 47.9 Å². The van der Waals surface area contributed by atoms with Gasteiger partial charge in [0, 0.05) is 37.3 Å². The Balaban J connectivity index is 1.50. The van der Waals surface area contributed by atoms with Crippen molar-refractivity contribution < 1.29 is 53.1 Å². The molecular weight excluding hydrogens is 1010 g/mol. The number of carbonyl (C=O) groups excluding carboxylic acids is 10. The zero-order valence-electron chi connectivity index (χ0n) is 40.6. The Bertz CT molecular complexity index is 2460. The summed E-state index contributed by atoms with van der Waals surface area (Å²) in [6.07, 6.45) is 1.52. The van der Waals surface area contributed by atoms with Crippen LogP contribution in [0.25, 0.3) is 0 Å². The van der Waals surface area contributed by atoms with E-state index in [0.29, 0.717) is 28.9 Å². The van der Waals surface area contributed by atoms with Gasteiger partial charge in [-0.15, -0.1) is 0 Å². The zero-order valence-corrected chi connectivity index (χ0v) is 43.1. The number of primary amides is 2. The standard InChI is InChI=1S/C49H63N11O11S3/c1-72-20-18-33(43(65)53-25-41(52)63)54-48(70)39-13-8-19-60(39)49(71)38-27-74-73-26-32(50)42(64)55-34(23-30-14-16-31(61)17-15-30)44(66)56-35(21-28-9-4-2-5-10-28)45(67)57-36(22-29-11-6-3-7-12-29)46(68)58-37(24-40(51)62)47(69)59-38/h2-7,9-12,14-17,32-39,61H,8,13,18-27,50H2,1H3,(H2,51,62)(H2,52,63)(H,53,65)(H,54,70)(H,55,64)(H,56,66)(H,57,67)(H,58,68)(H,59,69)/t32-,33-,34-,35-,36-,37-,38-,39-/m0/s1. The van der Waals surface area contributed by atoms with Crippen LogP contribution in [0.1, 0.15) is 42.4 Å². The molecule has 0 spiro atoms. The summed E-state index contributed by atoms with van der Waals surface area (Å²) < 4.78 is 0. The highest BCUT2D eigenvalue weighted by Gasteiger charge is 2.40. The molecule has 2 aliphatic rings. The summed E-state index contributed by atoms with van der Waals surface area (Å²) in [6.45, 7) is -0.388. The van der Waals surface area contributed by atoms with Crippen molar-refractivity contribution in [2.75, 3.05) is 36.6 Å². The number of amides is 10. The third-order valence-electron chi connectivity index (χ3n) is 11.9. The van der Waals surface area contributed by atoms with E-state index < -0.39 is 120 Å². The van der Waals surface area contributed by atoms with Gasteiger partial charge in [0.2, 0.25) is 59.1 Å². The molecule has 0 aliphatic carbocycles. The number of aromatic hydroxyl groups is 1. The molecule has 0 saturated carbocycles. The lowest BCUT2D eigenvalue weighted by Crippen LogP contribution is -2.61. The highest BCUT2D eigenvalue weighted by Crippen LogP contribution is 2.26. The number of thioether (sulfide) groups is 1. The van der Waals surface area contributed by atoms with Crippen molar-refractivity contribution in [1.82, 2.24) is 42.1 Å². The molecule has 74 heavy (non-hydrogen) atoms. The molecule has 8 atom stereocenters. The number of nitrogens with one attached hydrogen (secondary N) is 7. The van der Waals surface area contributed by atoms with E-state index >= 15 is 0 Å². The molecule has 0 aromatic heterocycles. The predicted octanol–water partition coefficient (Wildman–Crippen LogP) is -1.73. The molecule has 3 aromatic carbocycles. The first kappa shape index (κ1) is 58.1. The van der Waals surface area contributed by atoms with Gasteiger partial charge in [0.1, 0.15) is 48.0 Å². The van der Waals surface area contributed by atoms with Crippen LogP contribution >= 0.6 is 33.3 Å². The van der Waals surface area contributed by atoms with Gasteiger partial charge in [-0.25, -0.2) is 0 Å². The van der Waals surface area contributed by atoms with E-state index in [1.165, 1.54) is 28.8 Å². The lowest BCUT2D eigenvalue weighted by molar-refractivity contribution is -0.142. The maximum absolute atomic E-state index is 14.6. The number of rotatable bonds is 17. The number of phenolic OH excluding ortho intramolecular Hbond substituents is 1. The van der Waals surface area contributed by atoms with E-state index in [-0.39, 0.29) is 55.9 Å². The number of nitrogens with zero attached hydrogens (tertiary/aromatic N) is 1. The molecular formula is C49H63N11O11S3. The highest BCUT2D eigenvalue weighted by atomic mass is 33.1. The maximum atomic E-state index is 14.6. The summed E-state index contributed by atoms with van der Waals surface area (Å²) in [5, 5.41) is 28.4. The van der Waals surface area contributed by atoms with Gasteiger partial charge >= 0.3 is 0 Å². The van der Waals surface area contributed by atoms with E-state index in [0.717, 1.165) is 21.6 Å². The second-order valence-corrected chi connectivity index (χ2v) is 21.2. The second kappa shape index (κ2) is 29.2. The molecule has 2 saturated heterocycles. The van der Waals surface area contributed by atoms with Crippen LogP contribution in [0.5, 0.6) is 5.75 Å². The molecule has 22 nitrogen and oxygen atoms in total.